The van der Waals surface area contributed by atoms with Gasteiger partial charge in [0.05, 0.1) is 5.92 Å². The second-order valence-corrected chi connectivity index (χ2v) is 5.19. The topological polar surface area (TPSA) is 12.0 Å². The van der Waals surface area contributed by atoms with Gasteiger partial charge in [0.1, 0.15) is 0 Å². The van der Waals surface area contributed by atoms with Gasteiger partial charge < -0.3 is 5.32 Å². The zero-order valence-electron chi connectivity index (χ0n) is 9.80. The lowest BCUT2D eigenvalue weighted by Gasteiger charge is -2.31. The van der Waals surface area contributed by atoms with Gasteiger partial charge in [-0.1, -0.05) is 18.0 Å². The van der Waals surface area contributed by atoms with Gasteiger partial charge in [-0.25, -0.2) is 0 Å². The normalized spacial score (nSPS) is 24.9. The summed E-state index contributed by atoms with van der Waals surface area (Å²) in [5, 5.41) is 3.77. The fourth-order valence-corrected chi connectivity index (χ4v) is 2.53. The first-order chi connectivity index (χ1) is 8.45. The molecule has 1 aromatic carbocycles. The van der Waals surface area contributed by atoms with Gasteiger partial charge in [-0.05, 0) is 43.5 Å². The maximum Gasteiger partial charge on any atom is 0.391 e. The number of alkyl halides is 3. The summed E-state index contributed by atoms with van der Waals surface area (Å²) in [6, 6.07) is 6.94. The first-order valence-corrected chi connectivity index (χ1v) is 6.42. The Morgan fingerprint density at radius 1 is 1.11 bits per heavy atom. The van der Waals surface area contributed by atoms with Gasteiger partial charge in [0.2, 0.25) is 0 Å². The molecule has 2 rings (SSSR count). The van der Waals surface area contributed by atoms with Crippen LogP contribution in [-0.4, -0.2) is 12.2 Å². The van der Waals surface area contributed by atoms with Crippen LogP contribution in [0.5, 0.6) is 0 Å². The molecule has 0 saturated heterocycles. The minimum absolute atomic E-state index is 0.105. The van der Waals surface area contributed by atoms with Crippen molar-refractivity contribution >= 4 is 17.3 Å². The van der Waals surface area contributed by atoms with E-state index in [9.17, 15) is 13.2 Å². The Balaban J connectivity index is 1.95. The SMILES string of the molecule is FC(F)(F)C1CCCC(Nc2ccc(Cl)cc2)C1. The van der Waals surface area contributed by atoms with Crippen LogP contribution >= 0.6 is 11.6 Å². The average molecular weight is 278 g/mol. The monoisotopic (exact) mass is 277 g/mol. The molecule has 0 aromatic heterocycles. The fraction of sp³-hybridized carbons (Fsp3) is 0.538. The Kier molecular flexibility index (Phi) is 4.05. The Labute approximate surface area is 109 Å². The van der Waals surface area contributed by atoms with Gasteiger partial charge in [0.25, 0.3) is 0 Å². The Bertz CT molecular complexity index is 388. The number of hydrogen-bond acceptors (Lipinski definition) is 1. The molecule has 1 N–H and O–H groups in total. The summed E-state index contributed by atoms with van der Waals surface area (Å²) in [6.07, 6.45) is -2.25. The van der Waals surface area contributed by atoms with Crippen molar-refractivity contribution in [2.45, 2.75) is 37.9 Å². The summed E-state index contributed by atoms with van der Waals surface area (Å²) < 4.78 is 38.0. The van der Waals surface area contributed by atoms with Gasteiger partial charge in [0, 0.05) is 16.8 Å². The quantitative estimate of drug-likeness (QED) is 0.813. The second kappa shape index (κ2) is 5.39. The molecule has 100 valence electrons. The van der Waals surface area contributed by atoms with E-state index in [1.54, 1.807) is 24.3 Å². The summed E-state index contributed by atoms with van der Waals surface area (Å²) in [5.74, 6) is -1.17. The van der Waals surface area contributed by atoms with E-state index in [4.69, 9.17) is 11.6 Å². The molecule has 1 fully saturated rings. The van der Waals surface area contributed by atoms with Crippen molar-refractivity contribution in [3.63, 3.8) is 0 Å². The molecule has 5 heteroatoms. The minimum atomic E-state index is -4.07. The molecule has 0 spiro atoms. The van der Waals surface area contributed by atoms with E-state index in [1.165, 1.54) is 0 Å². The Hall–Kier alpha value is -0.900. The molecule has 0 aliphatic heterocycles. The highest BCUT2D eigenvalue weighted by atomic mass is 35.5. The lowest BCUT2D eigenvalue weighted by molar-refractivity contribution is -0.182. The highest BCUT2D eigenvalue weighted by Crippen LogP contribution is 2.38. The van der Waals surface area contributed by atoms with Crippen LogP contribution in [0.25, 0.3) is 0 Å². The summed E-state index contributed by atoms with van der Waals surface area (Å²) in [5.41, 5.74) is 0.826. The number of hydrogen-bond donors (Lipinski definition) is 1. The van der Waals surface area contributed by atoms with Crippen LogP contribution in [0.1, 0.15) is 25.7 Å². The van der Waals surface area contributed by atoms with Crippen LogP contribution in [0.3, 0.4) is 0 Å². The van der Waals surface area contributed by atoms with Crippen molar-refractivity contribution in [3.05, 3.63) is 29.3 Å². The Morgan fingerprint density at radius 2 is 1.78 bits per heavy atom. The van der Waals surface area contributed by atoms with Crippen molar-refractivity contribution < 1.29 is 13.2 Å². The lowest BCUT2D eigenvalue weighted by atomic mass is 9.85. The first-order valence-electron chi connectivity index (χ1n) is 6.04. The van der Waals surface area contributed by atoms with Gasteiger partial charge >= 0.3 is 6.18 Å². The smallest absolute Gasteiger partial charge is 0.382 e. The summed E-state index contributed by atoms with van der Waals surface area (Å²) in [6.45, 7) is 0. The third-order valence-corrected chi connectivity index (χ3v) is 3.60. The summed E-state index contributed by atoms with van der Waals surface area (Å²) >= 11 is 5.76. The largest absolute Gasteiger partial charge is 0.391 e. The molecule has 2 unspecified atom stereocenters. The maximum absolute atomic E-state index is 12.7. The van der Waals surface area contributed by atoms with E-state index in [0.717, 1.165) is 12.1 Å². The molecule has 0 bridgehead atoms. The van der Waals surface area contributed by atoms with Crippen molar-refractivity contribution in [2.24, 2.45) is 5.92 Å². The highest BCUT2D eigenvalue weighted by Gasteiger charge is 2.42. The standard InChI is InChI=1S/C13H15ClF3N/c14-10-4-6-11(7-5-10)18-12-3-1-2-9(8-12)13(15,16)17/h4-7,9,12,18H,1-3,8H2. The third-order valence-electron chi connectivity index (χ3n) is 3.35. The maximum atomic E-state index is 12.7. The fourth-order valence-electron chi connectivity index (χ4n) is 2.40. The average Bonchev–Trinajstić information content (AvgIpc) is 2.31. The third kappa shape index (κ3) is 3.55. The van der Waals surface area contributed by atoms with Crippen molar-refractivity contribution in [3.8, 4) is 0 Å². The molecule has 0 radical (unpaired) electrons. The van der Waals surface area contributed by atoms with Crippen LogP contribution in [0.2, 0.25) is 5.02 Å². The molecule has 0 amide bonds. The summed E-state index contributed by atoms with van der Waals surface area (Å²) in [4.78, 5) is 0. The molecule has 1 aliphatic rings. The Morgan fingerprint density at radius 3 is 2.39 bits per heavy atom. The molecule has 1 saturated carbocycles. The van der Waals surface area contributed by atoms with E-state index in [1.807, 2.05) is 0 Å². The van der Waals surface area contributed by atoms with Crippen LogP contribution < -0.4 is 5.32 Å². The van der Waals surface area contributed by atoms with E-state index in [0.29, 0.717) is 11.4 Å². The van der Waals surface area contributed by atoms with Gasteiger partial charge in [-0.3, -0.25) is 0 Å². The van der Waals surface area contributed by atoms with Crippen LogP contribution in [0.15, 0.2) is 24.3 Å². The highest BCUT2D eigenvalue weighted by molar-refractivity contribution is 6.30. The van der Waals surface area contributed by atoms with E-state index < -0.39 is 12.1 Å². The number of benzene rings is 1. The molecular weight excluding hydrogens is 263 g/mol. The predicted molar refractivity (Wildman–Crippen MR) is 66.9 cm³/mol. The molecule has 1 aliphatic carbocycles. The second-order valence-electron chi connectivity index (χ2n) is 4.75. The van der Waals surface area contributed by atoms with Crippen LogP contribution in [0.4, 0.5) is 18.9 Å². The summed E-state index contributed by atoms with van der Waals surface area (Å²) in [7, 11) is 0. The first kappa shape index (κ1) is 13.5. The van der Waals surface area contributed by atoms with Gasteiger partial charge in [0.15, 0.2) is 0 Å². The number of anilines is 1. The van der Waals surface area contributed by atoms with Crippen molar-refractivity contribution in [1.29, 1.82) is 0 Å². The number of nitrogens with one attached hydrogen (secondary N) is 1. The predicted octanol–water partition coefficient (Wildman–Crippen LogP) is 4.87. The lowest BCUT2D eigenvalue weighted by Crippen LogP contribution is -2.34. The minimum Gasteiger partial charge on any atom is -0.382 e. The zero-order chi connectivity index (χ0) is 13.2. The number of rotatable bonds is 2. The molecule has 18 heavy (non-hydrogen) atoms. The van der Waals surface area contributed by atoms with E-state index >= 15 is 0 Å². The molecule has 1 nitrogen and oxygen atoms in total. The van der Waals surface area contributed by atoms with Crippen LogP contribution in [-0.2, 0) is 0 Å². The molecule has 0 heterocycles. The van der Waals surface area contributed by atoms with Crippen LogP contribution in [0, 0.1) is 5.92 Å². The molecular formula is C13H15ClF3N. The number of halogens is 4. The van der Waals surface area contributed by atoms with Gasteiger partial charge in [-0.15, -0.1) is 0 Å². The zero-order valence-corrected chi connectivity index (χ0v) is 10.6. The van der Waals surface area contributed by atoms with Crippen molar-refractivity contribution in [1.82, 2.24) is 0 Å². The van der Waals surface area contributed by atoms with E-state index in [2.05, 4.69) is 5.32 Å². The van der Waals surface area contributed by atoms with Crippen molar-refractivity contribution in [2.75, 3.05) is 5.32 Å². The van der Waals surface area contributed by atoms with E-state index in [-0.39, 0.29) is 18.9 Å². The molecule has 1 aromatic rings. The molecule has 2 atom stereocenters. The van der Waals surface area contributed by atoms with Gasteiger partial charge in [-0.2, -0.15) is 13.2 Å².